The Morgan fingerprint density at radius 1 is 1.00 bits per heavy atom. The van der Waals surface area contributed by atoms with E-state index in [1.807, 2.05) is 6.08 Å². The van der Waals surface area contributed by atoms with Crippen LogP contribution in [0.3, 0.4) is 0 Å². The molecule has 8 atom stereocenters. The predicted molar refractivity (Wildman–Crippen MR) is 145 cm³/mol. The molecule has 200 valence electrons. The number of hydrogen-bond acceptors (Lipinski definition) is 4. The Morgan fingerprint density at radius 3 is 2.14 bits per heavy atom. The maximum atomic E-state index is 14.4. The van der Waals surface area contributed by atoms with E-state index < -0.39 is 5.41 Å². The van der Waals surface area contributed by atoms with Gasteiger partial charge in [0.25, 0.3) is 0 Å². The summed E-state index contributed by atoms with van der Waals surface area (Å²) in [7, 11) is 0. The van der Waals surface area contributed by atoms with Gasteiger partial charge in [0.1, 0.15) is 11.9 Å². The molecule has 4 aliphatic carbocycles. The van der Waals surface area contributed by atoms with Gasteiger partial charge in [-0.15, -0.1) is 0 Å². The van der Waals surface area contributed by atoms with Gasteiger partial charge >= 0.3 is 0 Å². The molecule has 0 saturated heterocycles. The minimum absolute atomic E-state index is 0.00282. The van der Waals surface area contributed by atoms with E-state index in [1.54, 1.807) is 0 Å². The summed E-state index contributed by atoms with van der Waals surface area (Å²) < 4.78 is 0. The SMILES string of the molecule is CC(=O)/C(C#N)=C\[C@]1(C)[C@H]2CC(=O)[C@@H]3[C@@H]4CC(C)(C)CC[C@]4(N)CC[C@@]3(C)[C@]2(C)CC[C@@]1(C)C(C)C. The highest BCUT2D eigenvalue weighted by Gasteiger charge is 2.71. The van der Waals surface area contributed by atoms with Crippen LogP contribution >= 0.6 is 0 Å². The van der Waals surface area contributed by atoms with Crippen LogP contribution in [-0.2, 0) is 9.59 Å². The number of nitrogens with zero attached hydrogens (tertiary/aromatic N) is 1. The second kappa shape index (κ2) is 8.26. The summed E-state index contributed by atoms with van der Waals surface area (Å²) in [6.07, 6.45) is 9.77. The second-order valence-electron chi connectivity index (χ2n) is 15.3. The fourth-order valence-electron chi connectivity index (χ4n) is 9.89. The van der Waals surface area contributed by atoms with Gasteiger partial charge in [0.2, 0.25) is 0 Å². The minimum Gasteiger partial charge on any atom is -0.325 e. The quantitative estimate of drug-likeness (QED) is 0.337. The molecule has 0 heterocycles. The fourth-order valence-corrected chi connectivity index (χ4v) is 9.89. The number of nitriles is 1. The Hall–Kier alpha value is -1.47. The van der Waals surface area contributed by atoms with Gasteiger partial charge in [0.05, 0.1) is 5.57 Å². The monoisotopic (exact) mass is 494 g/mol. The van der Waals surface area contributed by atoms with Crippen molar-refractivity contribution in [1.29, 1.82) is 5.26 Å². The summed E-state index contributed by atoms with van der Waals surface area (Å²) >= 11 is 0. The highest BCUT2D eigenvalue weighted by Crippen LogP contribution is 2.75. The maximum Gasteiger partial charge on any atom is 0.169 e. The summed E-state index contributed by atoms with van der Waals surface area (Å²) in [4.78, 5) is 26.8. The van der Waals surface area contributed by atoms with E-state index >= 15 is 0 Å². The van der Waals surface area contributed by atoms with Gasteiger partial charge in [-0.3, -0.25) is 9.59 Å². The van der Waals surface area contributed by atoms with E-state index in [4.69, 9.17) is 5.73 Å². The van der Waals surface area contributed by atoms with Crippen molar-refractivity contribution in [1.82, 2.24) is 0 Å². The summed E-state index contributed by atoms with van der Waals surface area (Å²) in [5.74, 6) is 0.876. The molecule has 4 saturated carbocycles. The number of Topliss-reactive ketones (excluding diaryl/α,β-unsaturated/α-hetero) is 2. The molecule has 0 amide bonds. The zero-order valence-corrected chi connectivity index (χ0v) is 24.4. The Balaban J connectivity index is 1.89. The molecule has 0 aromatic heterocycles. The number of carbonyl (C=O) groups is 2. The Morgan fingerprint density at radius 2 is 1.58 bits per heavy atom. The molecular formula is C32H50N2O2. The Bertz CT molecular complexity index is 1040. The van der Waals surface area contributed by atoms with E-state index in [1.165, 1.54) is 6.92 Å². The van der Waals surface area contributed by atoms with E-state index in [-0.39, 0.29) is 56.3 Å². The predicted octanol–water partition coefficient (Wildman–Crippen LogP) is 7.02. The molecule has 4 heteroatoms. The first kappa shape index (κ1) is 27.6. The number of rotatable bonds is 3. The average Bonchev–Trinajstić information content (AvgIpc) is 2.78. The summed E-state index contributed by atoms with van der Waals surface area (Å²) in [6.45, 7) is 20.1. The van der Waals surface area contributed by atoms with Crippen molar-refractivity contribution in [3.63, 3.8) is 0 Å². The van der Waals surface area contributed by atoms with Crippen molar-refractivity contribution < 1.29 is 9.59 Å². The summed E-state index contributed by atoms with van der Waals surface area (Å²) in [5.41, 5.74) is 6.62. The van der Waals surface area contributed by atoms with Crippen LogP contribution in [0.1, 0.15) is 114 Å². The first-order valence-electron chi connectivity index (χ1n) is 14.4. The van der Waals surface area contributed by atoms with Crippen LogP contribution in [0.4, 0.5) is 0 Å². The van der Waals surface area contributed by atoms with Gasteiger partial charge in [-0.2, -0.15) is 5.26 Å². The van der Waals surface area contributed by atoms with Crippen molar-refractivity contribution >= 4 is 11.6 Å². The molecule has 4 rings (SSSR count). The highest BCUT2D eigenvalue weighted by atomic mass is 16.1. The molecule has 4 aliphatic rings. The topological polar surface area (TPSA) is 84.0 Å². The van der Waals surface area contributed by atoms with Crippen molar-refractivity contribution in [2.24, 2.45) is 56.5 Å². The highest BCUT2D eigenvalue weighted by molar-refractivity contribution is 5.97. The lowest BCUT2D eigenvalue weighted by molar-refractivity contribution is -0.221. The van der Waals surface area contributed by atoms with Crippen LogP contribution in [0.15, 0.2) is 11.6 Å². The molecule has 0 aromatic carbocycles. The van der Waals surface area contributed by atoms with E-state index in [9.17, 15) is 14.9 Å². The number of carbonyl (C=O) groups excluding carboxylic acids is 2. The largest absolute Gasteiger partial charge is 0.325 e. The molecule has 4 fully saturated rings. The zero-order valence-electron chi connectivity index (χ0n) is 24.4. The van der Waals surface area contributed by atoms with Crippen molar-refractivity contribution in [3.05, 3.63) is 11.6 Å². The zero-order chi connectivity index (χ0) is 27.1. The van der Waals surface area contributed by atoms with Gasteiger partial charge < -0.3 is 5.73 Å². The number of ketones is 2. The minimum atomic E-state index is -0.433. The number of allylic oxidation sites excluding steroid dienone is 2. The van der Waals surface area contributed by atoms with Gasteiger partial charge in [0, 0.05) is 17.9 Å². The van der Waals surface area contributed by atoms with E-state index in [0.29, 0.717) is 18.1 Å². The lowest BCUT2D eigenvalue weighted by Gasteiger charge is -2.72. The molecule has 2 N–H and O–H groups in total. The lowest BCUT2D eigenvalue weighted by atomic mass is 9.31. The third-order valence-corrected chi connectivity index (χ3v) is 13.1. The van der Waals surface area contributed by atoms with Crippen LogP contribution in [0, 0.1) is 62.1 Å². The standard InChI is InChI=1S/C32H50N2O2/c1-20(2)28(6)11-12-29(7)25(31(28,9)17-22(19-33)21(3)35)16-24(36)26-23-18-27(4,5)10-14-32(23,34)15-13-30(26,29)8/h17,20,23,25-26H,10-16,18,34H2,1-9H3/b22-17-/t23-,25-,26-,28-,29+,30+,31+,32-/m0/s1. The maximum absolute atomic E-state index is 14.4. The second-order valence-corrected chi connectivity index (χ2v) is 15.3. The third-order valence-electron chi connectivity index (χ3n) is 13.1. The van der Waals surface area contributed by atoms with Crippen LogP contribution in [0.2, 0.25) is 0 Å². The normalized spacial score (nSPS) is 48.4. The smallest absolute Gasteiger partial charge is 0.169 e. The van der Waals surface area contributed by atoms with Crippen LogP contribution in [0.5, 0.6) is 0 Å². The molecular weight excluding hydrogens is 444 g/mol. The van der Waals surface area contributed by atoms with Crippen molar-refractivity contribution in [2.45, 2.75) is 119 Å². The molecule has 0 spiro atoms. The van der Waals surface area contributed by atoms with Gasteiger partial charge in [0.15, 0.2) is 5.78 Å². The van der Waals surface area contributed by atoms with Gasteiger partial charge in [-0.25, -0.2) is 0 Å². The van der Waals surface area contributed by atoms with Crippen molar-refractivity contribution in [3.8, 4) is 6.07 Å². The van der Waals surface area contributed by atoms with Crippen molar-refractivity contribution in [2.75, 3.05) is 0 Å². The third kappa shape index (κ3) is 3.54. The molecule has 0 bridgehead atoms. The molecule has 4 nitrogen and oxygen atoms in total. The first-order chi connectivity index (χ1) is 16.4. The molecule has 0 unspecified atom stereocenters. The van der Waals surface area contributed by atoms with E-state index in [2.05, 4.69) is 61.5 Å². The molecule has 0 radical (unpaired) electrons. The number of fused-ring (bicyclic) bond motifs is 5. The van der Waals surface area contributed by atoms with Crippen LogP contribution in [0.25, 0.3) is 0 Å². The summed E-state index contributed by atoms with van der Waals surface area (Å²) in [5, 5.41) is 9.89. The molecule has 0 aromatic rings. The van der Waals surface area contributed by atoms with Gasteiger partial charge in [-0.05, 0) is 96.7 Å². The van der Waals surface area contributed by atoms with Crippen LogP contribution in [-0.4, -0.2) is 17.1 Å². The van der Waals surface area contributed by atoms with Gasteiger partial charge in [-0.1, -0.05) is 61.5 Å². The molecule has 0 aliphatic heterocycles. The fraction of sp³-hybridized carbons (Fsp3) is 0.844. The molecule has 36 heavy (non-hydrogen) atoms. The Kier molecular flexibility index (Phi) is 6.33. The van der Waals surface area contributed by atoms with E-state index in [0.717, 1.165) is 44.9 Å². The average molecular weight is 495 g/mol. The first-order valence-corrected chi connectivity index (χ1v) is 14.4. The Labute approximate surface area is 219 Å². The van der Waals surface area contributed by atoms with Crippen LogP contribution < -0.4 is 5.73 Å². The lowest BCUT2D eigenvalue weighted by Crippen LogP contribution is -2.71. The summed E-state index contributed by atoms with van der Waals surface area (Å²) in [6, 6.07) is 2.20. The number of hydrogen-bond donors (Lipinski definition) is 1. The number of nitrogens with two attached hydrogens (primary N) is 1.